The van der Waals surface area contributed by atoms with Crippen molar-refractivity contribution in [2.45, 2.75) is 59.7 Å². The zero-order valence-corrected chi connectivity index (χ0v) is 37.8. The molecular formula is C59H53BN2O2. The molecule has 5 heteroatoms. The Morgan fingerprint density at radius 3 is 1.55 bits per heavy atom. The lowest BCUT2D eigenvalue weighted by Crippen LogP contribution is -2.41. The second kappa shape index (κ2) is 17.7. The molecule has 8 aromatic rings. The number of aromatic nitrogens is 2. The Morgan fingerprint density at radius 1 is 0.484 bits per heavy atom. The number of rotatable bonds is 10. The fourth-order valence-electron chi connectivity index (χ4n) is 8.61. The SMILES string of the molecule is C/C=C\C=C(/C)c1cnc(-c2ccc(-c3ccccc3-c3cc(B4OC(C)(C)C(C)(C)O4)cc(-c4ccccc4-c4cnc(-c5ccccc5)cc4-c4ccccc4)c3)cc2)cc1C. The van der Waals surface area contributed by atoms with E-state index >= 15 is 0 Å². The van der Waals surface area contributed by atoms with Crippen LogP contribution in [0.1, 0.15) is 52.7 Å². The highest BCUT2D eigenvalue weighted by Crippen LogP contribution is 2.42. The molecule has 9 rings (SSSR count). The maximum atomic E-state index is 6.75. The molecule has 4 nitrogen and oxygen atoms in total. The first-order valence-electron chi connectivity index (χ1n) is 22.2. The van der Waals surface area contributed by atoms with Gasteiger partial charge in [-0.25, -0.2) is 0 Å². The van der Waals surface area contributed by atoms with Gasteiger partial charge in [-0.2, -0.15) is 0 Å². The van der Waals surface area contributed by atoms with Crippen LogP contribution < -0.4 is 5.46 Å². The van der Waals surface area contributed by atoms with Gasteiger partial charge in [0.05, 0.1) is 22.6 Å². The van der Waals surface area contributed by atoms with E-state index < -0.39 is 18.3 Å². The maximum absolute atomic E-state index is 6.75. The molecule has 0 radical (unpaired) electrons. The average Bonchev–Trinajstić information content (AvgIpc) is 3.56. The van der Waals surface area contributed by atoms with Crippen LogP contribution in [0.5, 0.6) is 0 Å². The minimum atomic E-state index is -0.557. The van der Waals surface area contributed by atoms with Crippen LogP contribution in [0, 0.1) is 6.92 Å². The highest BCUT2D eigenvalue weighted by Gasteiger charge is 2.51. The van der Waals surface area contributed by atoms with Crippen molar-refractivity contribution in [2.24, 2.45) is 0 Å². The second-order valence-electron chi connectivity index (χ2n) is 17.7. The summed E-state index contributed by atoms with van der Waals surface area (Å²) < 4.78 is 13.5. The van der Waals surface area contributed by atoms with Crippen LogP contribution in [0.25, 0.3) is 83.7 Å². The third-order valence-electron chi connectivity index (χ3n) is 12.9. The predicted molar refractivity (Wildman–Crippen MR) is 269 cm³/mol. The Hall–Kier alpha value is -6.92. The molecule has 0 atom stereocenters. The quantitative estimate of drug-likeness (QED) is 0.102. The van der Waals surface area contributed by atoms with E-state index in [4.69, 9.17) is 19.3 Å². The lowest BCUT2D eigenvalue weighted by molar-refractivity contribution is 0.00578. The summed E-state index contributed by atoms with van der Waals surface area (Å²) in [4.78, 5) is 9.96. The number of nitrogens with zero attached hydrogens (tertiary/aromatic N) is 2. The van der Waals surface area contributed by atoms with Gasteiger partial charge >= 0.3 is 7.12 Å². The molecule has 1 fully saturated rings. The van der Waals surface area contributed by atoms with E-state index in [1.807, 2.05) is 31.5 Å². The fraction of sp³-hybridized carbons (Fsp3) is 0.153. The van der Waals surface area contributed by atoms with E-state index in [2.05, 4.69) is 211 Å². The predicted octanol–water partition coefficient (Wildman–Crippen LogP) is 14.7. The first-order valence-corrected chi connectivity index (χ1v) is 22.2. The third-order valence-corrected chi connectivity index (χ3v) is 12.9. The van der Waals surface area contributed by atoms with Crippen molar-refractivity contribution in [3.63, 3.8) is 0 Å². The number of allylic oxidation sites excluding steroid dienone is 4. The van der Waals surface area contributed by atoms with Crippen LogP contribution in [0.2, 0.25) is 0 Å². The molecular weight excluding hydrogens is 779 g/mol. The topological polar surface area (TPSA) is 44.2 Å². The van der Waals surface area contributed by atoms with Gasteiger partial charge in [0.1, 0.15) is 0 Å². The Balaban J connectivity index is 1.16. The minimum absolute atomic E-state index is 0.502. The lowest BCUT2D eigenvalue weighted by Gasteiger charge is -2.32. The molecule has 0 amide bonds. The Bertz CT molecular complexity index is 3010. The van der Waals surface area contributed by atoms with Crippen molar-refractivity contribution in [2.75, 3.05) is 0 Å². The Kier molecular flexibility index (Phi) is 11.7. The highest BCUT2D eigenvalue weighted by molar-refractivity contribution is 6.62. The normalized spacial score (nSPS) is 14.6. The Labute approximate surface area is 379 Å². The number of hydrogen-bond acceptors (Lipinski definition) is 4. The molecule has 64 heavy (non-hydrogen) atoms. The summed E-state index contributed by atoms with van der Waals surface area (Å²) in [6.45, 7) is 14.8. The number of benzene rings is 6. The summed E-state index contributed by atoms with van der Waals surface area (Å²) in [6, 6.07) is 58.3. The van der Waals surface area contributed by atoms with Gasteiger partial charge in [-0.3, -0.25) is 9.97 Å². The van der Waals surface area contributed by atoms with Crippen LogP contribution in [0.15, 0.2) is 194 Å². The van der Waals surface area contributed by atoms with Crippen LogP contribution >= 0.6 is 0 Å². The fourth-order valence-corrected chi connectivity index (χ4v) is 8.61. The van der Waals surface area contributed by atoms with E-state index in [0.717, 1.165) is 89.2 Å². The average molecular weight is 833 g/mol. The molecule has 0 unspecified atom stereocenters. The van der Waals surface area contributed by atoms with Crippen molar-refractivity contribution in [1.82, 2.24) is 9.97 Å². The highest BCUT2D eigenvalue weighted by atomic mass is 16.7. The minimum Gasteiger partial charge on any atom is -0.399 e. The van der Waals surface area contributed by atoms with Crippen LogP contribution in [0.4, 0.5) is 0 Å². The second-order valence-corrected chi connectivity index (χ2v) is 17.7. The monoisotopic (exact) mass is 832 g/mol. The number of hydrogen-bond donors (Lipinski definition) is 0. The summed E-state index contributed by atoms with van der Waals surface area (Å²) in [5.41, 5.74) is 18.6. The van der Waals surface area contributed by atoms with Gasteiger partial charge in [-0.15, -0.1) is 0 Å². The van der Waals surface area contributed by atoms with Gasteiger partial charge in [0.25, 0.3) is 0 Å². The molecule has 0 saturated carbocycles. The summed E-state index contributed by atoms with van der Waals surface area (Å²) in [7, 11) is -0.557. The summed E-state index contributed by atoms with van der Waals surface area (Å²) in [6.07, 6.45) is 10.3. The first kappa shape index (κ1) is 42.4. The van der Waals surface area contributed by atoms with Gasteiger partial charge in [0.15, 0.2) is 0 Å². The van der Waals surface area contributed by atoms with Crippen LogP contribution in [-0.2, 0) is 9.31 Å². The van der Waals surface area contributed by atoms with Crippen LogP contribution in [-0.4, -0.2) is 28.3 Å². The Morgan fingerprint density at radius 2 is 0.953 bits per heavy atom. The molecule has 314 valence electrons. The molecule has 0 aliphatic carbocycles. The van der Waals surface area contributed by atoms with Crippen molar-refractivity contribution in [1.29, 1.82) is 0 Å². The maximum Gasteiger partial charge on any atom is 0.494 e. The third kappa shape index (κ3) is 8.45. The van der Waals surface area contributed by atoms with Gasteiger partial charge in [0, 0.05) is 29.1 Å². The summed E-state index contributed by atoms with van der Waals surface area (Å²) in [5, 5.41) is 0. The zero-order valence-electron chi connectivity index (χ0n) is 37.8. The van der Waals surface area contributed by atoms with E-state index in [1.54, 1.807) is 0 Å². The van der Waals surface area contributed by atoms with Crippen molar-refractivity contribution in [3.05, 3.63) is 206 Å². The molecule has 1 aliphatic heterocycles. The standard InChI is InChI=1S/C59H53BN2O2/c1-8-9-20-40(2)54-38-61-56(33-41(54)3)45-31-29-43(30-32-45)49-25-16-17-26-50(49)46-34-47(36-48(35-46)60-63-58(4,5)59(6,7)64-60)51-27-18-19-28-52(51)55-39-62-57(44-23-14-11-15-24-44)37-53(55)42-21-12-10-13-22-42/h8-39H,1-7H3/b9-8-,40-20+. The van der Waals surface area contributed by atoms with Gasteiger partial charge in [-0.1, -0.05) is 164 Å². The lowest BCUT2D eigenvalue weighted by atomic mass is 9.75. The van der Waals surface area contributed by atoms with E-state index in [0.29, 0.717) is 0 Å². The van der Waals surface area contributed by atoms with Crippen molar-refractivity contribution >= 4 is 18.2 Å². The molecule has 0 bridgehead atoms. The van der Waals surface area contributed by atoms with Crippen molar-refractivity contribution in [3.8, 4) is 78.1 Å². The molecule has 0 spiro atoms. The van der Waals surface area contributed by atoms with Crippen molar-refractivity contribution < 1.29 is 9.31 Å². The number of pyridine rings is 2. The molecule has 2 aromatic heterocycles. The smallest absolute Gasteiger partial charge is 0.399 e. The number of aryl methyl sites for hydroxylation is 1. The van der Waals surface area contributed by atoms with E-state index in [1.165, 1.54) is 11.1 Å². The largest absolute Gasteiger partial charge is 0.494 e. The van der Waals surface area contributed by atoms with Gasteiger partial charge in [-0.05, 0) is 139 Å². The summed E-state index contributed by atoms with van der Waals surface area (Å²) >= 11 is 0. The first-order chi connectivity index (χ1) is 31.0. The molecule has 3 heterocycles. The van der Waals surface area contributed by atoms with E-state index in [-0.39, 0.29) is 0 Å². The van der Waals surface area contributed by atoms with Gasteiger partial charge < -0.3 is 9.31 Å². The molecule has 6 aromatic carbocycles. The van der Waals surface area contributed by atoms with E-state index in [9.17, 15) is 0 Å². The van der Waals surface area contributed by atoms with Crippen LogP contribution in [0.3, 0.4) is 0 Å². The molecule has 1 saturated heterocycles. The summed E-state index contributed by atoms with van der Waals surface area (Å²) in [5.74, 6) is 0. The zero-order chi connectivity index (χ0) is 44.4. The van der Waals surface area contributed by atoms with Gasteiger partial charge in [0.2, 0.25) is 0 Å². The molecule has 1 aliphatic rings. The molecule has 0 N–H and O–H groups in total.